The number of aryl methyl sites for hydroxylation is 1. The zero-order valence-electron chi connectivity index (χ0n) is 23.8. The standard InChI is InChI=1S/C29H24ClF4N9O2/c1-15-4-3-5-21(18-10-16(8-9-35-18)27-20(38-28(15)45)12-37-41(27)2)42-14-36-19(11-24(42)44)25-22(7-6-17(30)26(25)31)43-13-23(39-40-43)29(32,33)34/h6-15,21H,3-5H2,1-2H3,(H,38,45). The molecule has 0 spiro atoms. The van der Waals surface area contributed by atoms with Crippen LogP contribution in [0.2, 0.25) is 5.02 Å². The zero-order valence-corrected chi connectivity index (χ0v) is 24.5. The normalized spacial score (nSPS) is 17.3. The molecule has 5 aromatic rings. The Bertz CT molecular complexity index is 1980. The van der Waals surface area contributed by atoms with E-state index >= 15 is 4.39 Å². The molecule has 2 bridgehead atoms. The number of anilines is 1. The van der Waals surface area contributed by atoms with Crippen LogP contribution >= 0.6 is 11.6 Å². The lowest BCUT2D eigenvalue weighted by Gasteiger charge is -2.22. The number of alkyl halides is 3. The van der Waals surface area contributed by atoms with Gasteiger partial charge in [-0.15, -0.1) is 5.10 Å². The second-order valence-corrected chi connectivity index (χ2v) is 11.1. The molecule has 4 aromatic heterocycles. The molecule has 0 saturated heterocycles. The fourth-order valence-electron chi connectivity index (χ4n) is 5.35. The molecule has 11 nitrogen and oxygen atoms in total. The number of rotatable bonds is 3. The van der Waals surface area contributed by atoms with Crippen molar-refractivity contribution >= 4 is 23.2 Å². The third kappa shape index (κ3) is 5.70. The van der Waals surface area contributed by atoms with E-state index in [1.807, 2.05) is 6.92 Å². The number of nitrogens with zero attached hydrogens (tertiary/aromatic N) is 8. The van der Waals surface area contributed by atoms with E-state index in [-0.39, 0.29) is 33.8 Å². The molecule has 1 aliphatic heterocycles. The van der Waals surface area contributed by atoms with Crippen LogP contribution in [0, 0.1) is 11.7 Å². The number of halogens is 5. The van der Waals surface area contributed by atoms with Gasteiger partial charge in [-0.25, -0.2) is 14.1 Å². The number of carbonyl (C=O) groups excluding carboxylic acids is 1. The van der Waals surface area contributed by atoms with Crippen LogP contribution in [-0.4, -0.2) is 45.2 Å². The van der Waals surface area contributed by atoms with Gasteiger partial charge >= 0.3 is 6.18 Å². The first-order valence-electron chi connectivity index (χ1n) is 13.8. The van der Waals surface area contributed by atoms with E-state index in [0.29, 0.717) is 48.1 Å². The maximum absolute atomic E-state index is 15.4. The minimum atomic E-state index is -4.78. The molecule has 2 unspecified atom stereocenters. The minimum absolute atomic E-state index is 0.149. The average molecular weight is 642 g/mol. The summed E-state index contributed by atoms with van der Waals surface area (Å²) in [6, 6.07) is 6.46. The summed E-state index contributed by atoms with van der Waals surface area (Å²) in [6.45, 7) is 1.82. The fourth-order valence-corrected chi connectivity index (χ4v) is 5.51. The number of amides is 1. The monoisotopic (exact) mass is 641 g/mol. The number of carbonyl (C=O) groups is 1. The van der Waals surface area contributed by atoms with Crippen molar-refractivity contribution in [3.8, 4) is 28.2 Å². The minimum Gasteiger partial charge on any atom is -0.323 e. The highest BCUT2D eigenvalue weighted by Crippen LogP contribution is 2.35. The predicted molar refractivity (Wildman–Crippen MR) is 155 cm³/mol. The van der Waals surface area contributed by atoms with Crippen molar-refractivity contribution < 1.29 is 22.4 Å². The van der Waals surface area contributed by atoms with Crippen molar-refractivity contribution in [1.82, 2.24) is 39.3 Å². The SMILES string of the molecule is CC1CCCC(n2cnc(-c3c(-n4cc(C(F)(F)F)nn4)ccc(Cl)c3F)cc2=O)c2cc(ccn2)-c2c(cnn2C)NC1=O. The molecule has 1 N–H and O–H groups in total. The highest BCUT2D eigenvalue weighted by atomic mass is 35.5. The first-order valence-corrected chi connectivity index (χ1v) is 14.2. The van der Waals surface area contributed by atoms with Crippen LogP contribution in [0.15, 0.2) is 60.0 Å². The van der Waals surface area contributed by atoms with Gasteiger partial charge in [-0.3, -0.25) is 23.8 Å². The van der Waals surface area contributed by atoms with Crippen molar-refractivity contribution in [2.24, 2.45) is 13.0 Å². The smallest absolute Gasteiger partial charge is 0.323 e. The average Bonchev–Trinajstić information content (AvgIpc) is 3.64. The van der Waals surface area contributed by atoms with E-state index in [1.54, 1.807) is 36.3 Å². The third-order valence-electron chi connectivity index (χ3n) is 7.69. The Morgan fingerprint density at radius 3 is 2.62 bits per heavy atom. The lowest BCUT2D eigenvalue weighted by molar-refractivity contribution is -0.141. The molecule has 1 aliphatic rings. The van der Waals surface area contributed by atoms with E-state index in [1.165, 1.54) is 17.0 Å². The third-order valence-corrected chi connectivity index (χ3v) is 7.98. The number of hydrogen-bond donors (Lipinski definition) is 1. The molecule has 0 radical (unpaired) electrons. The van der Waals surface area contributed by atoms with E-state index < -0.39 is 29.3 Å². The van der Waals surface area contributed by atoms with Crippen LogP contribution < -0.4 is 10.9 Å². The molecular formula is C29H24ClF4N9O2. The van der Waals surface area contributed by atoms with Gasteiger partial charge in [0.05, 0.1) is 63.8 Å². The Morgan fingerprint density at radius 1 is 1.09 bits per heavy atom. The van der Waals surface area contributed by atoms with Crippen LogP contribution in [-0.2, 0) is 18.0 Å². The van der Waals surface area contributed by atoms with Crippen molar-refractivity contribution in [2.75, 3.05) is 5.32 Å². The van der Waals surface area contributed by atoms with Gasteiger partial charge in [0.1, 0.15) is 0 Å². The topological polar surface area (TPSA) is 125 Å². The summed E-state index contributed by atoms with van der Waals surface area (Å²) in [5.74, 6) is -1.49. The van der Waals surface area contributed by atoms with Gasteiger partial charge in [0, 0.05) is 30.8 Å². The maximum atomic E-state index is 15.4. The molecule has 1 amide bonds. The van der Waals surface area contributed by atoms with Crippen molar-refractivity contribution in [3.05, 3.63) is 87.8 Å². The van der Waals surface area contributed by atoms with E-state index in [9.17, 15) is 22.8 Å². The van der Waals surface area contributed by atoms with Crippen LogP contribution in [0.3, 0.4) is 0 Å². The predicted octanol–water partition coefficient (Wildman–Crippen LogP) is 5.45. The largest absolute Gasteiger partial charge is 0.436 e. The summed E-state index contributed by atoms with van der Waals surface area (Å²) < 4.78 is 58.8. The highest BCUT2D eigenvalue weighted by Gasteiger charge is 2.35. The molecule has 232 valence electrons. The van der Waals surface area contributed by atoms with Crippen molar-refractivity contribution in [2.45, 2.75) is 38.4 Å². The summed E-state index contributed by atoms with van der Waals surface area (Å²) >= 11 is 6.03. The van der Waals surface area contributed by atoms with Crippen LogP contribution in [0.25, 0.3) is 28.2 Å². The van der Waals surface area contributed by atoms with Crippen molar-refractivity contribution in [3.63, 3.8) is 0 Å². The Labute approximate surface area is 257 Å². The Hall–Kier alpha value is -4.92. The van der Waals surface area contributed by atoms with Gasteiger partial charge in [0.15, 0.2) is 11.5 Å². The highest BCUT2D eigenvalue weighted by molar-refractivity contribution is 6.31. The van der Waals surface area contributed by atoms with Gasteiger partial charge in [0.2, 0.25) is 5.91 Å². The number of pyridine rings is 1. The van der Waals surface area contributed by atoms with E-state index in [4.69, 9.17) is 11.6 Å². The lowest BCUT2D eigenvalue weighted by Crippen LogP contribution is -2.27. The Kier molecular flexibility index (Phi) is 7.72. The molecule has 2 atom stereocenters. The van der Waals surface area contributed by atoms with Crippen LogP contribution in [0.4, 0.5) is 23.2 Å². The fraction of sp³-hybridized carbons (Fsp3) is 0.276. The number of benzene rings is 1. The van der Waals surface area contributed by atoms with Gasteiger partial charge in [-0.1, -0.05) is 30.2 Å². The number of hydrogen-bond acceptors (Lipinski definition) is 7. The molecule has 1 aromatic carbocycles. The quantitative estimate of drug-likeness (QED) is 0.260. The zero-order chi connectivity index (χ0) is 32.0. The first-order chi connectivity index (χ1) is 21.4. The molecule has 5 heterocycles. The Balaban J connectivity index is 1.44. The van der Waals surface area contributed by atoms with Gasteiger partial charge in [0.25, 0.3) is 5.56 Å². The van der Waals surface area contributed by atoms with Gasteiger partial charge in [-0.2, -0.15) is 18.3 Å². The van der Waals surface area contributed by atoms with E-state index in [2.05, 4.69) is 30.7 Å². The molecule has 6 rings (SSSR count). The van der Waals surface area contributed by atoms with E-state index in [0.717, 1.165) is 16.8 Å². The molecule has 45 heavy (non-hydrogen) atoms. The second-order valence-electron chi connectivity index (χ2n) is 10.7. The molecule has 0 fully saturated rings. The maximum Gasteiger partial charge on any atom is 0.436 e. The number of fused-ring (bicyclic) bond motifs is 4. The summed E-state index contributed by atoms with van der Waals surface area (Å²) in [6.07, 6.45) is 1.73. The number of nitrogens with one attached hydrogen (secondary N) is 1. The Morgan fingerprint density at radius 2 is 1.89 bits per heavy atom. The van der Waals surface area contributed by atoms with Crippen LogP contribution in [0.1, 0.15) is 43.6 Å². The summed E-state index contributed by atoms with van der Waals surface area (Å²) in [5, 5.41) is 13.6. The van der Waals surface area contributed by atoms with Crippen molar-refractivity contribution in [1.29, 1.82) is 0 Å². The summed E-state index contributed by atoms with van der Waals surface area (Å²) in [4.78, 5) is 35.5. The second kappa shape index (κ2) is 11.5. The molecule has 0 saturated carbocycles. The number of aromatic nitrogens is 8. The molecule has 0 aliphatic carbocycles. The first kappa shape index (κ1) is 30.1. The summed E-state index contributed by atoms with van der Waals surface area (Å²) in [7, 11) is 1.75. The molecule has 16 heteroatoms. The van der Waals surface area contributed by atoms with Crippen LogP contribution in [0.5, 0.6) is 0 Å². The summed E-state index contributed by atoms with van der Waals surface area (Å²) in [5.41, 5.74) is -0.0424. The molecular weight excluding hydrogens is 618 g/mol. The van der Waals surface area contributed by atoms with Gasteiger partial charge < -0.3 is 5.32 Å². The van der Waals surface area contributed by atoms with Gasteiger partial charge in [-0.05, 0) is 37.1 Å². The lowest BCUT2D eigenvalue weighted by atomic mass is 9.97.